The second-order valence-corrected chi connectivity index (χ2v) is 5.34. The molecule has 2 aromatic rings. The highest BCUT2D eigenvalue weighted by Crippen LogP contribution is 2.39. The summed E-state index contributed by atoms with van der Waals surface area (Å²) in [6, 6.07) is 10.9. The number of phenols is 1. The number of aliphatic hydroxyl groups is 1. The van der Waals surface area contributed by atoms with Crippen LogP contribution in [0.4, 0.5) is 0 Å². The Kier molecular flexibility index (Phi) is 4.80. The Morgan fingerprint density at radius 2 is 1.79 bits per heavy atom. The fraction of sp³-hybridized carbons (Fsp3) is 0.333. The summed E-state index contributed by atoms with van der Waals surface area (Å²) in [5, 5.41) is 21.5. The average molecular weight is 282 g/mol. The molecule has 0 heterocycles. The first-order chi connectivity index (χ1) is 8.47. The molecule has 0 aliphatic carbocycles. The monoisotopic (exact) mass is 281 g/mol. The minimum atomic E-state index is -0.485. The predicted molar refractivity (Wildman–Crippen MR) is 80.7 cm³/mol. The highest BCUT2D eigenvalue weighted by Gasteiger charge is 2.30. The average Bonchev–Trinajstić information content (AvgIpc) is 2.38. The molecule has 0 unspecified atom stereocenters. The summed E-state index contributed by atoms with van der Waals surface area (Å²) in [5.41, 5.74) is 6.45. The van der Waals surface area contributed by atoms with Gasteiger partial charge in [0.15, 0.2) is 0 Å². The van der Waals surface area contributed by atoms with Gasteiger partial charge in [-0.25, -0.2) is 0 Å². The number of benzene rings is 2. The van der Waals surface area contributed by atoms with Gasteiger partial charge in [-0.3, -0.25) is 0 Å². The first kappa shape index (κ1) is 15.8. The summed E-state index contributed by atoms with van der Waals surface area (Å²) in [6.07, 6.45) is 0. The lowest BCUT2D eigenvalue weighted by atomic mass is 9.80. The van der Waals surface area contributed by atoms with Crippen LogP contribution in [0.25, 0.3) is 10.8 Å². The van der Waals surface area contributed by atoms with Crippen LogP contribution in [0.2, 0.25) is 0 Å². The van der Waals surface area contributed by atoms with E-state index in [1.165, 1.54) is 0 Å². The van der Waals surface area contributed by atoms with Gasteiger partial charge in [-0.1, -0.05) is 44.2 Å². The van der Waals surface area contributed by atoms with Gasteiger partial charge in [0, 0.05) is 23.6 Å². The lowest BCUT2D eigenvalue weighted by molar-refractivity contribution is 0.131. The molecule has 1 atom stereocenters. The van der Waals surface area contributed by atoms with Gasteiger partial charge in [0.05, 0.1) is 0 Å². The van der Waals surface area contributed by atoms with Crippen molar-refractivity contribution in [2.24, 2.45) is 11.1 Å². The van der Waals surface area contributed by atoms with Crippen LogP contribution in [0, 0.1) is 5.41 Å². The zero-order valence-electron chi connectivity index (χ0n) is 11.1. The number of fused-ring (bicyclic) bond motifs is 1. The Hall–Kier alpha value is -1.29. The number of nitrogens with two attached hydrogens (primary N) is 1. The summed E-state index contributed by atoms with van der Waals surface area (Å²) in [7, 11) is 0. The van der Waals surface area contributed by atoms with E-state index in [4.69, 9.17) is 5.73 Å². The highest BCUT2D eigenvalue weighted by atomic mass is 35.5. The fourth-order valence-corrected chi connectivity index (χ4v) is 2.10. The van der Waals surface area contributed by atoms with E-state index >= 15 is 0 Å². The number of halogens is 1. The molecule has 0 saturated heterocycles. The maximum Gasteiger partial charge on any atom is 0.121 e. The number of rotatable bonds is 3. The van der Waals surface area contributed by atoms with Gasteiger partial charge in [0.1, 0.15) is 5.75 Å². The number of hydrogen-bond acceptors (Lipinski definition) is 3. The van der Waals surface area contributed by atoms with Crippen molar-refractivity contribution in [1.82, 2.24) is 0 Å². The molecule has 0 saturated carbocycles. The molecular formula is C15H20ClNO2. The fourth-order valence-electron chi connectivity index (χ4n) is 2.10. The van der Waals surface area contributed by atoms with E-state index in [0.717, 1.165) is 10.8 Å². The highest BCUT2D eigenvalue weighted by molar-refractivity contribution is 5.88. The summed E-state index contributed by atoms with van der Waals surface area (Å²) in [5.74, 6) is 0.183. The smallest absolute Gasteiger partial charge is 0.121 e. The number of aromatic hydroxyl groups is 1. The van der Waals surface area contributed by atoms with Gasteiger partial charge in [0.2, 0.25) is 0 Å². The molecule has 4 N–H and O–H groups in total. The van der Waals surface area contributed by atoms with Crippen LogP contribution < -0.4 is 5.73 Å². The Balaban J connectivity index is 0.00000180. The Morgan fingerprint density at radius 3 is 2.42 bits per heavy atom. The van der Waals surface area contributed by atoms with E-state index in [-0.39, 0.29) is 24.8 Å². The zero-order valence-corrected chi connectivity index (χ0v) is 11.9. The molecule has 0 aliphatic heterocycles. The maximum absolute atomic E-state index is 10.1. The normalized spacial score (nSPS) is 13.1. The molecule has 0 fully saturated rings. The number of hydrogen-bond donors (Lipinski definition) is 3. The van der Waals surface area contributed by atoms with Gasteiger partial charge in [-0.2, -0.15) is 0 Å². The molecular weight excluding hydrogens is 262 g/mol. The van der Waals surface area contributed by atoms with E-state index in [2.05, 4.69) is 0 Å². The summed E-state index contributed by atoms with van der Waals surface area (Å²) >= 11 is 0. The van der Waals surface area contributed by atoms with Crippen LogP contribution in [0.3, 0.4) is 0 Å². The molecule has 3 nitrogen and oxygen atoms in total. The summed E-state index contributed by atoms with van der Waals surface area (Å²) < 4.78 is 0. The van der Waals surface area contributed by atoms with Gasteiger partial charge in [0.25, 0.3) is 0 Å². The van der Waals surface area contributed by atoms with E-state index in [1.54, 1.807) is 6.07 Å². The molecule has 4 heteroatoms. The molecule has 19 heavy (non-hydrogen) atoms. The van der Waals surface area contributed by atoms with Gasteiger partial charge in [-0.05, 0) is 16.8 Å². The van der Waals surface area contributed by atoms with Gasteiger partial charge < -0.3 is 15.9 Å². The van der Waals surface area contributed by atoms with Crippen LogP contribution >= 0.6 is 12.4 Å². The Bertz CT molecular complexity index is 569. The largest absolute Gasteiger partial charge is 0.508 e. The molecule has 0 spiro atoms. The van der Waals surface area contributed by atoms with E-state index in [0.29, 0.717) is 5.56 Å². The van der Waals surface area contributed by atoms with Crippen molar-refractivity contribution in [1.29, 1.82) is 0 Å². The van der Waals surface area contributed by atoms with Crippen LogP contribution in [-0.4, -0.2) is 16.8 Å². The van der Waals surface area contributed by atoms with Crippen molar-refractivity contribution >= 4 is 23.2 Å². The molecule has 0 aliphatic rings. The zero-order chi connectivity index (χ0) is 13.3. The molecule has 2 rings (SSSR count). The number of aliphatic hydroxyl groups excluding tert-OH is 1. The van der Waals surface area contributed by atoms with Crippen LogP contribution in [0.1, 0.15) is 25.5 Å². The Labute approximate surface area is 119 Å². The minimum absolute atomic E-state index is 0. The SMILES string of the molecule is CC(C)(CO)[C@@H](N)c1c(O)ccc2ccccc12.Cl. The van der Waals surface area contributed by atoms with Crippen molar-refractivity contribution in [2.75, 3.05) is 6.61 Å². The van der Waals surface area contributed by atoms with Crippen molar-refractivity contribution < 1.29 is 10.2 Å². The summed E-state index contributed by atoms with van der Waals surface area (Å²) in [6.45, 7) is 3.74. The molecule has 0 aromatic heterocycles. The van der Waals surface area contributed by atoms with Gasteiger partial charge in [-0.15, -0.1) is 12.4 Å². The molecule has 2 aromatic carbocycles. The Morgan fingerprint density at radius 1 is 1.16 bits per heavy atom. The van der Waals surface area contributed by atoms with Crippen LogP contribution in [-0.2, 0) is 0 Å². The molecule has 0 amide bonds. The predicted octanol–water partition coefficient (Wildman–Crippen LogP) is 2.99. The second kappa shape index (κ2) is 5.78. The lowest BCUT2D eigenvalue weighted by Crippen LogP contribution is -2.32. The number of phenolic OH excluding ortho intramolecular Hbond substituents is 1. The first-order valence-corrected chi connectivity index (χ1v) is 6.04. The van der Waals surface area contributed by atoms with Crippen molar-refractivity contribution in [2.45, 2.75) is 19.9 Å². The molecule has 0 radical (unpaired) electrons. The third-order valence-electron chi connectivity index (χ3n) is 3.51. The summed E-state index contributed by atoms with van der Waals surface area (Å²) in [4.78, 5) is 0. The standard InChI is InChI=1S/C15H19NO2.ClH/c1-15(2,9-17)14(16)13-11-6-4-3-5-10(11)7-8-12(13)18;/h3-8,14,17-18H,9,16H2,1-2H3;1H/t14-;/m0./s1. The van der Waals surface area contributed by atoms with E-state index in [9.17, 15) is 10.2 Å². The first-order valence-electron chi connectivity index (χ1n) is 6.04. The topological polar surface area (TPSA) is 66.5 Å². The van der Waals surface area contributed by atoms with Crippen LogP contribution in [0.5, 0.6) is 5.75 Å². The quantitative estimate of drug-likeness (QED) is 0.810. The van der Waals surface area contributed by atoms with Crippen LogP contribution in [0.15, 0.2) is 36.4 Å². The van der Waals surface area contributed by atoms with Crippen molar-refractivity contribution in [3.8, 4) is 5.75 Å². The van der Waals surface area contributed by atoms with E-state index < -0.39 is 11.5 Å². The van der Waals surface area contributed by atoms with Gasteiger partial charge >= 0.3 is 0 Å². The second-order valence-electron chi connectivity index (χ2n) is 5.34. The minimum Gasteiger partial charge on any atom is -0.508 e. The van der Waals surface area contributed by atoms with E-state index in [1.807, 2.05) is 44.2 Å². The van der Waals surface area contributed by atoms with Crippen molar-refractivity contribution in [3.05, 3.63) is 42.0 Å². The lowest BCUT2D eigenvalue weighted by Gasteiger charge is -2.31. The maximum atomic E-state index is 10.1. The molecule has 104 valence electrons. The van der Waals surface area contributed by atoms with Crippen molar-refractivity contribution in [3.63, 3.8) is 0 Å². The third-order valence-corrected chi connectivity index (χ3v) is 3.51. The molecule has 0 bridgehead atoms. The third kappa shape index (κ3) is 2.84.